The third kappa shape index (κ3) is 4.88. The molecular weight excluding hydrogens is 478 g/mol. The number of benzene rings is 2. The van der Waals surface area contributed by atoms with Crippen LogP contribution in [0.1, 0.15) is 61.4 Å². The van der Waals surface area contributed by atoms with Gasteiger partial charge in [0.25, 0.3) is 10.0 Å². The van der Waals surface area contributed by atoms with Gasteiger partial charge in [0.2, 0.25) is 0 Å². The average Bonchev–Trinajstić information content (AvgIpc) is 2.83. The molecule has 36 heavy (non-hydrogen) atoms. The molecule has 0 amide bonds. The number of sulfonamides is 1. The summed E-state index contributed by atoms with van der Waals surface area (Å²) in [4.78, 5) is 26.0. The number of ether oxygens (including phenoxy) is 2. The molecule has 4 aliphatic carbocycles. The number of aryl methyl sites for hydroxylation is 1. The maximum atomic E-state index is 13.2. The Morgan fingerprint density at radius 1 is 0.972 bits per heavy atom. The van der Waals surface area contributed by atoms with Crippen molar-refractivity contribution in [2.24, 2.45) is 23.2 Å². The molecule has 0 atom stereocenters. The van der Waals surface area contributed by atoms with E-state index < -0.39 is 16.0 Å². The maximum absolute atomic E-state index is 13.2. The van der Waals surface area contributed by atoms with Crippen molar-refractivity contribution < 1.29 is 27.5 Å². The molecule has 7 nitrogen and oxygen atoms in total. The molecule has 2 aromatic carbocycles. The maximum Gasteiger partial charge on any atom is 0.338 e. The zero-order chi connectivity index (χ0) is 25.5. The standard InChI is InChI=1S/C28H33NO6S/c1-3-34-24-8-6-23(7-9-24)29-36(32,33)25-13-22(5-4-18(25)2)27(31)35-17-26(30)28-14-19-10-20(15-28)12-21(11-19)16-28/h4-9,13,19-21,29H,3,10-12,14-17H2,1-2H3. The van der Waals surface area contributed by atoms with Crippen LogP contribution < -0.4 is 9.46 Å². The molecule has 192 valence electrons. The van der Waals surface area contributed by atoms with Crippen molar-refractivity contribution in [2.45, 2.75) is 57.3 Å². The van der Waals surface area contributed by atoms with Gasteiger partial charge in [0.1, 0.15) is 5.75 Å². The van der Waals surface area contributed by atoms with Gasteiger partial charge in [-0.05, 0) is 112 Å². The number of ketones is 1. The highest BCUT2D eigenvalue weighted by atomic mass is 32.2. The first kappa shape index (κ1) is 24.8. The highest BCUT2D eigenvalue weighted by Gasteiger charge is 2.54. The number of carbonyl (C=O) groups excluding carboxylic acids is 2. The van der Waals surface area contributed by atoms with Gasteiger partial charge in [-0.1, -0.05) is 6.07 Å². The summed E-state index contributed by atoms with van der Waals surface area (Å²) in [6.07, 6.45) is 6.45. The van der Waals surface area contributed by atoms with E-state index in [9.17, 15) is 18.0 Å². The molecule has 6 rings (SSSR count). The molecule has 4 fully saturated rings. The number of hydrogen-bond acceptors (Lipinski definition) is 6. The highest BCUT2D eigenvalue weighted by Crippen LogP contribution is 2.60. The van der Waals surface area contributed by atoms with Crippen LogP contribution in [0.3, 0.4) is 0 Å². The summed E-state index contributed by atoms with van der Waals surface area (Å²) in [5, 5.41) is 0. The van der Waals surface area contributed by atoms with Crippen LogP contribution in [-0.4, -0.2) is 33.4 Å². The predicted molar refractivity (Wildman–Crippen MR) is 135 cm³/mol. The van der Waals surface area contributed by atoms with Gasteiger partial charge in [-0.2, -0.15) is 0 Å². The number of nitrogens with one attached hydrogen (secondary N) is 1. The molecule has 4 saturated carbocycles. The van der Waals surface area contributed by atoms with Gasteiger partial charge in [0, 0.05) is 11.1 Å². The van der Waals surface area contributed by atoms with Gasteiger partial charge < -0.3 is 9.47 Å². The third-order valence-electron chi connectivity index (χ3n) is 8.10. The van der Waals surface area contributed by atoms with E-state index in [1.165, 1.54) is 31.4 Å². The van der Waals surface area contributed by atoms with Gasteiger partial charge in [-0.3, -0.25) is 9.52 Å². The lowest BCUT2D eigenvalue weighted by atomic mass is 9.48. The Labute approximate surface area is 212 Å². The largest absolute Gasteiger partial charge is 0.494 e. The number of esters is 1. The molecule has 4 bridgehead atoms. The van der Waals surface area contributed by atoms with Gasteiger partial charge in [0.15, 0.2) is 12.4 Å². The van der Waals surface area contributed by atoms with Gasteiger partial charge in [-0.25, -0.2) is 13.2 Å². The minimum atomic E-state index is -3.95. The molecule has 0 aliphatic heterocycles. The van der Waals surface area contributed by atoms with Crippen LogP contribution in [0, 0.1) is 30.1 Å². The van der Waals surface area contributed by atoms with Crippen LogP contribution in [0.5, 0.6) is 5.75 Å². The molecule has 4 aliphatic rings. The van der Waals surface area contributed by atoms with E-state index in [2.05, 4.69) is 4.72 Å². The first-order valence-corrected chi connectivity index (χ1v) is 14.2. The molecule has 0 unspecified atom stereocenters. The summed E-state index contributed by atoms with van der Waals surface area (Å²) >= 11 is 0. The highest BCUT2D eigenvalue weighted by molar-refractivity contribution is 7.92. The lowest BCUT2D eigenvalue weighted by Gasteiger charge is -2.55. The summed E-state index contributed by atoms with van der Waals surface area (Å²) in [6, 6.07) is 11.0. The van der Waals surface area contributed by atoms with E-state index in [-0.39, 0.29) is 28.3 Å². The summed E-state index contributed by atoms with van der Waals surface area (Å²) in [7, 11) is -3.95. The number of Topliss-reactive ketones (excluding diaryl/α,β-unsaturated/α-hetero) is 1. The quantitative estimate of drug-likeness (QED) is 0.468. The number of anilines is 1. The average molecular weight is 512 g/mol. The topological polar surface area (TPSA) is 98.8 Å². The Morgan fingerprint density at radius 3 is 2.17 bits per heavy atom. The molecule has 0 saturated heterocycles. The summed E-state index contributed by atoms with van der Waals surface area (Å²) < 4.78 is 39.5. The van der Waals surface area contributed by atoms with Crippen LogP contribution in [-0.2, 0) is 19.6 Å². The molecule has 8 heteroatoms. The van der Waals surface area contributed by atoms with Gasteiger partial charge >= 0.3 is 5.97 Å². The second-order valence-electron chi connectivity index (χ2n) is 10.7. The van der Waals surface area contributed by atoms with Crippen molar-refractivity contribution >= 4 is 27.5 Å². The van der Waals surface area contributed by atoms with Crippen LogP contribution in [0.15, 0.2) is 47.4 Å². The Hall–Kier alpha value is -2.87. The number of carbonyl (C=O) groups is 2. The summed E-state index contributed by atoms with van der Waals surface area (Å²) in [5.74, 6) is 1.86. The molecular formula is C28H33NO6S. The molecule has 0 spiro atoms. The monoisotopic (exact) mass is 511 g/mol. The van der Waals surface area contributed by atoms with Crippen molar-refractivity contribution in [2.75, 3.05) is 17.9 Å². The van der Waals surface area contributed by atoms with Crippen molar-refractivity contribution in [3.63, 3.8) is 0 Å². The number of rotatable bonds is 9. The molecule has 0 aromatic heterocycles. The molecule has 1 N–H and O–H groups in total. The summed E-state index contributed by atoms with van der Waals surface area (Å²) in [6.45, 7) is 3.79. The van der Waals surface area contributed by atoms with E-state index in [4.69, 9.17) is 9.47 Å². The minimum Gasteiger partial charge on any atom is -0.494 e. The SMILES string of the molecule is CCOc1ccc(NS(=O)(=O)c2cc(C(=O)OCC(=O)C34CC5CC(CC(C5)C3)C4)ccc2C)cc1. The Kier molecular flexibility index (Phi) is 6.57. The van der Waals surface area contributed by atoms with E-state index >= 15 is 0 Å². The van der Waals surface area contributed by atoms with Crippen molar-refractivity contribution in [1.82, 2.24) is 0 Å². The lowest BCUT2D eigenvalue weighted by Crippen LogP contribution is -2.51. The van der Waals surface area contributed by atoms with Crippen LogP contribution in [0.2, 0.25) is 0 Å². The van der Waals surface area contributed by atoms with Crippen LogP contribution >= 0.6 is 0 Å². The van der Waals surface area contributed by atoms with E-state index in [1.54, 1.807) is 37.3 Å². The van der Waals surface area contributed by atoms with E-state index in [1.807, 2.05) is 6.92 Å². The van der Waals surface area contributed by atoms with Crippen molar-refractivity contribution in [1.29, 1.82) is 0 Å². The fourth-order valence-corrected chi connectivity index (χ4v) is 8.16. The van der Waals surface area contributed by atoms with E-state index in [0.717, 1.165) is 19.3 Å². The lowest BCUT2D eigenvalue weighted by molar-refractivity contribution is -0.147. The smallest absolute Gasteiger partial charge is 0.338 e. The van der Waals surface area contributed by atoms with Crippen LogP contribution in [0.25, 0.3) is 0 Å². The minimum absolute atomic E-state index is 0.0155. The predicted octanol–water partition coefficient (Wildman–Crippen LogP) is 5.14. The Balaban J connectivity index is 1.26. The van der Waals surface area contributed by atoms with Gasteiger partial charge in [-0.15, -0.1) is 0 Å². The molecule has 0 heterocycles. The fourth-order valence-electron chi connectivity index (χ4n) is 6.83. The van der Waals surface area contributed by atoms with Crippen LogP contribution in [0.4, 0.5) is 5.69 Å². The summed E-state index contributed by atoms with van der Waals surface area (Å²) in [5.41, 5.74) is 0.644. The molecule has 2 aromatic rings. The van der Waals surface area contributed by atoms with Crippen molar-refractivity contribution in [3.8, 4) is 5.75 Å². The van der Waals surface area contributed by atoms with E-state index in [0.29, 0.717) is 41.4 Å². The molecule has 0 radical (unpaired) electrons. The van der Waals surface area contributed by atoms with Crippen molar-refractivity contribution in [3.05, 3.63) is 53.6 Å². The zero-order valence-electron chi connectivity index (χ0n) is 20.8. The first-order chi connectivity index (χ1) is 17.2. The fraction of sp³-hybridized carbons (Fsp3) is 0.500. The second kappa shape index (κ2) is 9.54. The zero-order valence-corrected chi connectivity index (χ0v) is 21.6. The Bertz CT molecular complexity index is 1230. The van der Waals surface area contributed by atoms with Gasteiger partial charge in [0.05, 0.1) is 17.1 Å². The normalized spacial score (nSPS) is 26.4. The number of hydrogen-bond donors (Lipinski definition) is 1. The Morgan fingerprint density at radius 2 is 1.58 bits per heavy atom. The second-order valence-corrected chi connectivity index (χ2v) is 12.4. The third-order valence-corrected chi connectivity index (χ3v) is 9.62. The first-order valence-electron chi connectivity index (χ1n) is 12.7.